The van der Waals surface area contributed by atoms with Crippen molar-refractivity contribution in [1.82, 2.24) is 9.97 Å². The van der Waals surface area contributed by atoms with Gasteiger partial charge in [0.25, 0.3) is 0 Å². The van der Waals surface area contributed by atoms with Crippen LogP contribution in [0.2, 0.25) is 0 Å². The number of thiazole rings is 2. The largest absolute Gasteiger partial charge is 0.237 e. The van der Waals surface area contributed by atoms with Crippen molar-refractivity contribution < 1.29 is 0 Å². The number of hydrogen-bond donors (Lipinski definition) is 0. The molecule has 2 nitrogen and oxygen atoms in total. The molecule has 6 aromatic carbocycles. The summed E-state index contributed by atoms with van der Waals surface area (Å²) in [6.07, 6.45) is 0. The summed E-state index contributed by atoms with van der Waals surface area (Å²) in [7, 11) is -3.11. The van der Waals surface area contributed by atoms with E-state index in [0.29, 0.717) is 0 Å². The van der Waals surface area contributed by atoms with Crippen LogP contribution in [0.1, 0.15) is 32.3 Å². The molecule has 2 aromatic heterocycles. The Bertz CT molecular complexity index is 2370. The molecular weight excluding hydrogens is 649 g/mol. The van der Waals surface area contributed by atoms with Gasteiger partial charge in [-0.25, -0.2) is 9.97 Å². The molecule has 3 heterocycles. The van der Waals surface area contributed by atoms with Gasteiger partial charge in [-0.3, -0.25) is 0 Å². The first-order valence-electron chi connectivity index (χ1n) is 16.6. The van der Waals surface area contributed by atoms with E-state index in [4.69, 9.17) is 9.97 Å². The Labute approximate surface area is 295 Å². The summed E-state index contributed by atoms with van der Waals surface area (Å²) < 4.78 is 2.41. The molecule has 8 aromatic rings. The minimum atomic E-state index is -3.11. The highest BCUT2D eigenvalue weighted by atomic mass is 32.1. The van der Waals surface area contributed by atoms with Gasteiger partial charge in [-0.15, -0.1) is 22.7 Å². The molecule has 5 heteroatoms. The smallest absolute Gasteiger partial charge is 0.188 e. The van der Waals surface area contributed by atoms with E-state index in [2.05, 4.69) is 172 Å². The summed E-state index contributed by atoms with van der Waals surface area (Å²) in [5.74, 6) is 0. The van der Waals surface area contributed by atoms with Crippen LogP contribution < -0.4 is 10.4 Å². The van der Waals surface area contributed by atoms with Crippen molar-refractivity contribution in [2.24, 2.45) is 0 Å². The summed E-state index contributed by atoms with van der Waals surface area (Å²) >= 11 is 3.63. The van der Waals surface area contributed by atoms with Crippen LogP contribution in [0.25, 0.3) is 42.0 Å². The van der Waals surface area contributed by atoms with Gasteiger partial charge < -0.3 is 0 Å². The monoisotopic (exact) mass is 680 g/mol. The molecule has 0 radical (unpaired) electrons. The second-order valence-corrected chi connectivity index (χ2v) is 18.4. The SMILES string of the molecule is Cc1ccc2sc(C3=C(c4ccccc4)C(c4ccccc4)=C(c4nc5cc(C)ccc5s4)[Si]3(c3ccccc3)c3ccccc3)nc2c1. The Morgan fingerprint density at radius 2 is 0.796 bits per heavy atom. The van der Waals surface area contributed by atoms with Crippen LogP contribution in [-0.2, 0) is 0 Å². The molecule has 0 saturated carbocycles. The zero-order chi connectivity index (χ0) is 33.0. The van der Waals surface area contributed by atoms with Crippen molar-refractivity contribution in [2.75, 3.05) is 0 Å². The molecule has 234 valence electrons. The first-order valence-corrected chi connectivity index (χ1v) is 20.2. The molecule has 0 saturated heterocycles. The first kappa shape index (κ1) is 29.9. The molecule has 0 spiro atoms. The van der Waals surface area contributed by atoms with Crippen molar-refractivity contribution >= 4 is 83.1 Å². The summed E-state index contributed by atoms with van der Waals surface area (Å²) in [6.45, 7) is 4.30. The van der Waals surface area contributed by atoms with E-state index < -0.39 is 8.07 Å². The van der Waals surface area contributed by atoms with Crippen LogP contribution in [0, 0.1) is 13.8 Å². The van der Waals surface area contributed by atoms with E-state index in [0.717, 1.165) is 21.0 Å². The number of benzene rings is 6. The summed E-state index contributed by atoms with van der Waals surface area (Å²) in [5.41, 5.74) is 9.44. The maximum absolute atomic E-state index is 5.54. The van der Waals surface area contributed by atoms with Crippen molar-refractivity contribution in [3.8, 4) is 0 Å². The maximum Gasteiger partial charge on any atom is 0.188 e. The normalized spacial score (nSPS) is 14.3. The fourth-order valence-corrected chi connectivity index (χ4v) is 15.7. The van der Waals surface area contributed by atoms with Gasteiger partial charge in [0, 0.05) is 0 Å². The predicted molar refractivity (Wildman–Crippen MR) is 213 cm³/mol. The van der Waals surface area contributed by atoms with Crippen molar-refractivity contribution in [2.45, 2.75) is 13.8 Å². The highest BCUT2D eigenvalue weighted by Crippen LogP contribution is 2.56. The number of rotatable bonds is 6. The van der Waals surface area contributed by atoms with Crippen molar-refractivity contribution in [3.05, 3.63) is 190 Å². The van der Waals surface area contributed by atoms with Crippen molar-refractivity contribution in [1.29, 1.82) is 0 Å². The molecule has 1 aliphatic heterocycles. The average Bonchev–Trinajstić information content (AvgIpc) is 3.85. The fraction of sp³-hybridized carbons (Fsp3) is 0.0455. The molecule has 1 aliphatic rings. The second kappa shape index (κ2) is 12.0. The lowest BCUT2D eigenvalue weighted by Crippen LogP contribution is -2.59. The molecule has 9 rings (SSSR count). The van der Waals surface area contributed by atoms with Gasteiger partial charge in [0.2, 0.25) is 0 Å². The Kier molecular flexibility index (Phi) is 7.35. The van der Waals surface area contributed by atoms with Gasteiger partial charge in [0.05, 0.1) is 20.4 Å². The summed E-state index contributed by atoms with van der Waals surface area (Å²) in [4.78, 5) is 11.1. The highest BCUT2D eigenvalue weighted by Gasteiger charge is 2.55. The quantitative estimate of drug-likeness (QED) is 0.163. The van der Waals surface area contributed by atoms with Gasteiger partial charge in [-0.05, 0) is 92.3 Å². The molecule has 0 bridgehead atoms. The third-order valence-corrected chi connectivity index (χ3v) is 16.9. The van der Waals surface area contributed by atoms with Crippen LogP contribution in [0.5, 0.6) is 0 Å². The van der Waals surface area contributed by atoms with E-state index in [-0.39, 0.29) is 0 Å². The fourth-order valence-electron chi connectivity index (χ4n) is 7.48. The van der Waals surface area contributed by atoms with E-state index in [1.165, 1.54) is 63.6 Å². The number of fused-ring (bicyclic) bond motifs is 2. The Morgan fingerprint density at radius 3 is 1.18 bits per heavy atom. The third kappa shape index (κ3) is 4.88. The molecule has 0 N–H and O–H groups in total. The number of aromatic nitrogens is 2. The molecule has 0 amide bonds. The van der Waals surface area contributed by atoms with Crippen LogP contribution in [-0.4, -0.2) is 18.0 Å². The van der Waals surface area contributed by atoms with Gasteiger partial charge >= 0.3 is 0 Å². The van der Waals surface area contributed by atoms with Gasteiger partial charge in [0.15, 0.2) is 8.07 Å². The van der Waals surface area contributed by atoms with Crippen LogP contribution in [0.4, 0.5) is 0 Å². The summed E-state index contributed by atoms with van der Waals surface area (Å²) in [5, 5.41) is 7.49. The van der Waals surface area contributed by atoms with Crippen LogP contribution in [0.15, 0.2) is 158 Å². The molecule has 0 atom stereocenters. The van der Waals surface area contributed by atoms with Crippen molar-refractivity contribution in [3.63, 3.8) is 0 Å². The lowest BCUT2D eigenvalue weighted by molar-refractivity contribution is 1.42. The lowest BCUT2D eigenvalue weighted by Gasteiger charge is -2.34. The average molecular weight is 681 g/mol. The predicted octanol–water partition coefficient (Wildman–Crippen LogP) is 10.4. The first-order chi connectivity index (χ1) is 24.1. The maximum atomic E-state index is 5.54. The minimum absolute atomic E-state index is 1.05. The topological polar surface area (TPSA) is 25.8 Å². The van der Waals surface area contributed by atoms with E-state index in [1.807, 2.05) is 22.7 Å². The molecule has 0 fully saturated rings. The Hall–Kier alpha value is -5.20. The number of nitrogens with zero attached hydrogens (tertiary/aromatic N) is 2. The standard InChI is InChI=1S/C44H32N2S2Si/c1-29-23-25-37-35(27-29)45-43(47-37)41-39(31-15-7-3-8-16-31)40(32-17-9-4-10-18-32)42(44-46-36-28-30(2)24-26-38(36)48-44)49(41,33-19-11-5-12-20-33)34-21-13-6-14-22-34/h3-28H,1-2H3. The number of aryl methyl sites for hydroxylation is 2. The van der Waals surface area contributed by atoms with Gasteiger partial charge in [-0.2, -0.15) is 0 Å². The van der Waals surface area contributed by atoms with E-state index >= 15 is 0 Å². The zero-order valence-corrected chi connectivity index (χ0v) is 29.9. The van der Waals surface area contributed by atoms with Gasteiger partial charge in [-0.1, -0.05) is 133 Å². The highest BCUT2D eigenvalue weighted by molar-refractivity contribution is 7.35. The van der Waals surface area contributed by atoms with Crippen LogP contribution in [0.3, 0.4) is 0 Å². The molecule has 0 aliphatic carbocycles. The number of hydrogen-bond acceptors (Lipinski definition) is 4. The second-order valence-electron chi connectivity index (χ2n) is 12.7. The van der Waals surface area contributed by atoms with Crippen LogP contribution >= 0.6 is 22.7 Å². The third-order valence-electron chi connectivity index (χ3n) is 9.55. The zero-order valence-electron chi connectivity index (χ0n) is 27.2. The summed E-state index contributed by atoms with van der Waals surface area (Å²) in [6, 6.07) is 57.8. The lowest BCUT2D eigenvalue weighted by atomic mass is 9.91. The Balaban J connectivity index is 1.54. The van der Waals surface area contributed by atoms with E-state index in [9.17, 15) is 0 Å². The van der Waals surface area contributed by atoms with Gasteiger partial charge in [0.1, 0.15) is 10.0 Å². The Morgan fingerprint density at radius 1 is 0.429 bits per heavy atom. The molecular formula is C44H32N2S2Si. The molecule has 49 heavy (non-hydrogen) atoms. The van der Waals surface area contributed by atoms with E-state index in [1.54, 1.807) is 0 Å². The number of allylic oxidation sites excluding steroid dienone is 2. The minimum Gasteiger partial charge on any atom is -0.237 e. The molecule has 0 unspecified atom stereocenters.